The van der Waals surface area contributed by atoms with Gasteiger partial charge in [-0.25, -0.2) is 0 Å². The lowest BCUT2D eigenvalue weighted by atomic mass is 10.0. The van der Waals surface area contributed by atoms with Gasteiger partial charge in [0.1, 0.15) is 0 Å². The first kappa shape index (κ1) is 12.6. The second-order valence-corrected chi connectivity index (χ2v) is 7.67. The molecule has 23 heavy (non-hydrogen) atoms. The van der Waals surface area contributed by atoms with Crippen molar-refractivity contribution in [2.24, 2.45) is 0 Å². The number of hydrogen-bond acceptors (Lipinski definition) is 1. The molecule has 2 heteroatoms. The highest BCUT2D eigenvalue weighted by atomic mass is 16.6. The van der Waals surface area contributed by atoms with Gasteiger partial charge in [-0.1, -0.05) is 12.1 Å². The normalized spacial score (nSPS) is 23.7. The molecule has 0 radical (unpaired) electrons. The summed E-state index contributed by atoms with van der Waals surface area (Å²) >= 11 is 0. The fourth-order valence-corrected chi connectivity index (χ4v) is 4.05. The van der Waals surface area contributed by atoms with E-state index in [0.29, 0.717) is 6.10 Å². The van der Waals surface area contributed by atoms with Gasteiger partial charge in [0.2, 0.25) is 0 Å². The van der Waals surface area contributed by atoms with E-state index >= 15 is 0 Å². The molecule has 1 unspecified atom stereocenters. The van der Waals surface area contributed by atoms with Crippen molar-refractivity contribution in [3.63, 3.8) is 0 Å². The van der Waals surface area contributed by atoms with Crippen LogP contribution in [0.25, 0.3) is 21.8 Å². The predicted molar refractivity (Wildman–Crippen MR) is 93.1 cm³/mol. The summed E-state index contributed by atoms with van der Waals surface area (Å²) in [6, 6.07) is 14.3. The Labute approximate surface area is 136 Å². The smallest absolute Gasteiger partial charge is 0.0988 e. The number of rotatable bonds is 4. The largest absolute Gasteiger partial charge is 0.371 e. The summed E-state index contributed by atoms with van der Waals surface area (Å²) in [6.45, 7) is 1.91. The monoisotopic (exact) mass is 303 g/mol. The molecule has 6 rings (SSSR count). The van der Waals surface area contributed by atoms with Gasteiger partial charge in [0.25, 0.3) is 0 Å². The lowest BCUT2D eigenvalue weighted by Gasteiger charge is -2.06. The van der Waals surface area contributed by atoms with Crippen molar-refractivity contribution < 1.29 is 4.74 Å². The van der Waals surface area contributed by atoms with Crippen molar-refractivity contribution in [1.82, 2.24) is 4.57 Å². The molecule has 2 heterocycles. The summed E-state index contributed by atoms with van der Waals surface area (Å²) in [5.41, 5.74) is 5.84. The molecule has 116 valence electrons. The third kappa shape index (κ3) is 2.05. The Morgan fingerprint density at radius 2 is 1.35 bits per heavy atom. The Balaban J connectivity index is 1.62. The molecule has 1 aromatic heterocycles. The third-order valence-electron chi connectivity index (χ3n) is 5.80. The Morgan fingerprint density at radius 1 is 0.826 bits per heavy atom. The van der Waals surface area contributed by atoms with E-state index in [9.17, 15) is 0 Å². The molecule has 3 fully saturated rings. The molecule has 2 nitrogen and oxygen atoms in total. The van der Waals surface area contributed by atoms with E-state index in [4.69, 9.17) is 4.74 Å². The first-order valence-electron chi connectivity index (χ1n) is 9.04. The molecule has 2 aromatic carbocycles. The molecule has 0 spiro atoms. The SMILES string of the molecule is c1cc2c(cc1C1CC1)c1cc(C3CC3)ccc1n2CC1CO1. The van der Waals surface area contributed by atoms with Crippen LogP contribution in [0, 0.1) is 0 Å². The minimum Gasteiger partial charge on any atom is -0.371 e. The minimum atomic E-state index is 0.417. The average Bonchev–Trinajstić information content (AvgIpc) is 3.46. The van der Waals surface area contributed by atoms with E-state index in [0.717, 1.165) is 25.0 Å². The van der Waals surface area contributed by atoms with Crippen LogP contribution < -0.4 is 0 Å². The highest BCUT2D eigenvalue weighted by Crippen LogP contribution is 2.44. The van der Waals surface area contributed by atoms with Crippen LogP contribution in [0.5, 0.6) is 0 Å². The van der Waals surface area contributed by atoms with E-state index in [1.165, 1.54) is 58.6 Å². The van der Waals surface area contributed by atoms with Gasteiger partial charge in [-0.3, -0.25) is 0 Å². The van der Waals surface area contributed by atoms with Crippen LogP contribution in [0.3, 0.4) is 0 Å². The summed E-state index contributed by atoms with van der Waals surface area (Å²) in [5, 5.41) is 2.90. The van der Waals surface area contributed by atoms with Crippen molar-refractivity contribution in [1.29, 1.82) is 0 Å². The van der Waals surface area contributed by atoms with E-state index in [-0.39, 0.29) is 0 Å². The molecule has 2 aliphatic carbocycles. The van der Waals surface area contributed by atoms with Gasteiger partial charge in [-0.05, 0) is 72.9 Å². The topological polar surface area (TPSA) is 17.5 Å². The highest BCUT2D eigenvalue weighted by Gasteiger charge is 2.28. The van der Waals surface area contributed by atoms with Gasteiger partial charge in [0, 0.05) is 21.8 Å². The summed E-state index contributed by atoms with van der Waals surface area (Å²) < 4.78 is 7.98. The van der Waals surface area contributed by atoms with Crippen molar-refractivity contribution >= 4 is 21.8 Å². The molecule has 0 amide bonds. The minimum absolute atomic E-state index is 0.417. The Bertz CT molecular complexity index is 857. The average molecular weight is 303 g/mol. The number of nitrogens with zero attached hydrogens (tertiary/aromatic N) is 1. The zero-order valence-electron chi connectivity index (χ0n) is 13.3. The van der Waals surface area contributed by atoms with Gasteiger partial charge in [-0.2, -0.15) is 0 Å². The van der Waals surface area contributed by atoms with E-state index in [1.54, 1.807) is 0 Å². The van der Waals surface area contributed by atoms with E-state index in [2.05, 4.69) is 41.0 Å². The number of fused-ring (bicyclic) bond motifs is 3. The predicted octanol–water partition coefficient (Wildman–Crippen LogP) is 4.95. The van der Waals surface area contributed by atoms with Crippen LogP contribution in [-0.4, -0.2) is 17.3 Å². The molecular formula is C21H21NO. The first-order chi connectivity index (χ1) is 11.4. The zero-order valence-corrected chi connectivity index (χ0v) is 13.3. The van der Waals surface area contributed by atoms with Crippen LogP contribution in [-0.2, 0) is 11.3 Å². The van der Waals surface area contributed by atoms with Crippen LogP contribution >= 0.6 is 0 Å². The molecule has 1 atom stereocenters. The van der Waals surface area contributed by atoms with E-state index < -0.39 is 0 Å². The molecule has 3 aromatic rings. The van der Waals surface area contributed by atoms with Gasteiger partial charge < -0.3 is 9.30 Å². The molecule has 3 aliphatic rings. The molecule has 2 saturated carbocycles. The molecule has 1 saturated heterocycles. The number of benzene rings is 2. The third-order valence-corrected chi connectivity index (χ3v) is 5.80. The lowest BCUT2D eigenvalue weighted by molar-refractivity contribution is 0.387. The molecule has 0 N–H and O–H groups in total. The lowest BCUT2D eigenvalue weighted by Crippen LogP contribution is -2.03. The van der Waals surface area contributed by atoms with Crippen molar-refractivity contribution in [3.05, 3.63) is 47.5 Å². The first-order valence-corrected chi connectivity index (χ1v) is 9.04. The van der Waals surface area contributed by atoms with Crippen LogP contribution in [0.4, 0.5) is 0 Å². The number of hydrogen-bond donors (Lipinski definition) is 0. The van der Waals surface area contributed by atoms with Gasteiger partial charge >= 0.3 is 0 Å². The number of aromatic nitrogens is 1. The van der Waals surface area contributed by atoms with Crippen LogP contribution in [0.1, 0.15) is 48.6 Å². The van der Waals surface area contributed by atoms with Gasteiger partial charge in [0.05, 0.1) is 19.3 Å². The maximum Gasteiger partial charge on any atom is 0.0988 e. The molecule has 0 bridgehead atoms. The Kier molecular flexibility index (Phi) is 2.40. The fourth-order valence-electron chi connectivity index (χ4n) is 4.05. The quantitative estimate of drug-likeness (QED) is 0.624. The number of epoxide rings is 1. The standard InChI is InChI=1S/C21H21NO/c1-2-13(1)15-5-7-20-18(9-15)19-10-16(14-3-4-14)6-8-21(19)22(20)11-17-12-23-17/h5-10,13-14,17H,1-4,11-12H2. The maximum atomic E-state index is 5.50. The van der Waals surface area contributed by atoms with Gasteiger partial charge in [0.15, 0.2) is 0 Å². The maximum absolute atomic E-state index is 5.50. The number of ether oxygens (including phenoxy) is 1. The van der Waals surface area contributed by atoms with Crippen molar-refractivity contribution in [2.75, 3.05) is 6.61 Å². The van der Waals surface area contributed by atoms with Gasteiger partial charge in [-0.15, -0.1) is 0 Å². The Morgan fingerprint density at radius 3 is 1.78 bits per heavy atom. The van der Waals surface area contributed by atoms with Crippen LogP contribution in [0.2, 0.25) is 0 Å². The highest BCUT2D eigenvalue weighted by molar-refractivity contribution is 6.08. The van der Waals surface area contributed by atoms with E-state index in [1.807, 2.05) is 0 Å². The van der Waals surface area contributed by atoms with Crippen LogP contribution in [0.15, 0.2) is 36.4 Å². The summed E-state index contributed by atoms with van der Waals surface area (Å²) in [5.74, 6) is 1.63. The summed E-state index contributed by atoms with van der Waals surface area (Å²) in [6.07, 6.45) is 5.89. The molecule has 1 aliphatic heterocycles. The summed E-state index contributed by atoms with van der Waals surface area (Å²) in [7, 11) is 0. The fraction of sp³-hybridized carbons (Fsp3) is 0.429. The second kappa shape index (κ2) is 4.39. The Hall–Kier alpha value is -1.80. The zero-order chi connectivity index (χ0) is 15.0. The summed E-state index contributed by atoms with van der Waals surface area (Å²) in [4.78, 5) is 0. The second-order valence-electron chi connectivity index (χ2n) is 7.67. The van der Waals surface area contributed by atoms with Crippen molar-refractivity contribution in [3.8, 4) is 0 Å². The molecular weight excluding hydrogens is 282 g/mol. The van der Waals surface area contributed by atoms with Crippen molar-refractivity contribution in [2.45, 2.75) is 50.2 Å².